The average Bonchev–Trinajstić information content (AvgIpc) is 2.42. The highest BCUT2D eigenvalue weighted by Crippen LogP contribution is 2.18. The number of aryl methyl sites for hydroxylation is 2. The van der Waals surface area contributed by atoms with Crippen molar-refractivity contribution in [3.8, 4) is 0 Å². The van der Waals surface area contributed by atoms with Crippen molar-refractivity contribution in [1.29, 1.82) is 0 Å². The second-order valence-electron chi connectivity index (χ2n) is 4.83. The van der Waals surface area contributed by atoms with E-state index in [9.17, 15) is 4.79 Å². The van der Waals surface area contributed by atoms with Gasteiger partial charge in [0.25, 0.3) is 0 Å². The summed E-state index contributed by atoms with van der Waals surface area (Å²) in [7, 11) is 0. The summed E-state index contributed by atoms with van der Waals surface area (Å²) in [6.07, 6.45) is 3.40. The van der Waals surface area contributed by atoms with E-state index in [2.05, 4.69) is 15.3 Å². The number of amides is 1. The van der Waals surface area contributed by atoms with Gasteiger partial charge in [0.2, 0.25) is 5.91 Å². The Kier molecular flexibility index (Phi) is 4.58. The maximum absolute atomic E-state index is 12.0. The quantitative estimate of drug-likeness (QED) is 0.923. The van der Waals surface area contributed by atoms with E-state index in [0.717, 1.165) is 37.3 Å². The van der Waals surface area contributed by atoms with Gasteiger partial charge in [0, 0.05) is 13.1 Å². The van der Waals surface area contributed by atoms with Gasteiger partial charge in [-0.25, -0.2) is 9.97 Å². The average molecular weight is 283 g/mol. The maximum Gasteiger partial charge on any atom is 0.241 e. The number of nitrogens with one attached hydrogen (secondary N) is 1. The van der Waals surface area contributed by atoms with E-state index >= 15 is 0 Å². The van der Waals surface area contributed by atoms with Gasteiger partial charge >= 0.3 is 0 Å². The van der Waals surface area contributed by atoms with Crippen molar-refractivity contribution in [2.75, 3.05) is 25.0 Å². The van der Waals surface area contributed by atoms with E-state index in [4.69, 9.17) is 11.6 Å². The second-order valence-corrected chi connectivity index (χ2v) is 5.19. The van der Waals surface area contributed by atoms with Crippen molar-refractivity contribution >= 4 is 23.3 Å². The van der Waals surface area contributed by atoms with Crippen molar-refractivity contribution in [2.45, 2.75) is 33.1 Å². The summed E-state index contributed by atoms with van der Waals surface area (Å²) in [5, 5.41) is 3.30. The van der Waals surface area contributed by atoms with Crippen LogP contribution in [0.4, 0.5) is 5.82 Å². The van der Waals surface area contributed by atoms with Crippen LogP contribution in [0.15, 0.2) is 0 Å². The highest BCUT2D eigenvalue weighted by Gasteiger charge is 2.17. The van der Waals surface area contributed by atoms with Crippen LogP contribution in [0.2, 0.25) is 5.15 Å². The molecule has 1 aliphatic rings. The Bertz CT molecular complexity index is 472. The van der Waals surface area contributed by atoms with Crippen LogP contribution >= 0.6 is 11.6 Å². The van der Waals surface area contributed by atoms with Gasteiger partial charge < -0.3 is 10.2 Å². The minimum Gasteiger partial charge on any atom is -0.358 e. The molecule has 1 saturated heterocycles. The summed E-state index contributed by atoms with van der Waals surface area (Å²) in [5.41, 5.74) is 1.62. The van der Waals surface area contributed by atoms with Gasteiger partial charge in [-0.3, -0.25) is 4.79 Å². The molecule has 0 aromatic carbocycles. The van der Waals surface area contributed by atoms with Gasteiger partial charge in [-0.1, -0.05) is 11.6 Å². The van der Waals surface area contributed by atoms with Crippen molar-refractivity contribution in [3.63, 3.8) is 0 Å². The van der Waals surface area contributed by atoms with E-state index < -0.39 is 0 Å². The molecule has 0 spiro atoms. The monoisotopic (exact) mass is 282 g/mol. The molecule has 0 unspecified atom stereocenters. The summed E-state index contributed by atoms with van der Waals surface area (Å²) >= 11 is 6.01. The van der Waals surface area contributed by atoms with Gasteiger partial charge in [-0.2, -0.15) is 0 Å². The molecule has 2 heterocycles. The fourth-order valence-corrected chi connectivity index (χ4v) is 2.34. The molecule has 1 aromatic rings. The van der Waals surface area contributed by atoms with E-state index in [1.165, 1.54) is 6.42 Å². The lowest BCUT2D eigenvalue weighted by Crippen LogP contribution is -2.39. The molecule has 0 atom stereocenters. The summed E-state index contributed by atoms with van der Waals surface area (Å²) in [5.74, 6) is 0.575. The number of piperidine rings is 1. The van der Waals surface area contributed by atoms with E-state index in [0.29, 0.717) is 11.0 Å². The van der Waals surface area contributed by atoms with Crippen LogP contribution < -0.4 is 5.32 Å². The van der Waals surface area contributed by atoms with E-state index in [1.54, 1.807) is 0 Å². The minimum atomic E-state index is 0.0933. The molecular weight excluding hydrogens is 264 g/mol. The molecule has 1 aromatic heterocycles. The molecule has 6 heteroatoms. The first-order valence-electron chi connectivity index (χ1n) is 6.60. The first kappa shape index (κ1) is 14.1. The van der Waals surface area contributed by atoms with Crippen LogP contribution in [0, 0.1) is 13.8 Å². The SMILES string of the molecule is Cc1nc(Cl)c(NCC(=O)N2CCCCC2)nc1C. The number of hydrogen-bond acceptors (Lipinski definition) is 4. The number of likely N-dealkylation sites (tertiary alicyclic amines) is 1. The lowest BCUT2D eigenvalue weighted by molar-refractivity contribution is -0.130. The number of carbonyl (C=O) groups excluding carboxylic acids is 1. The molecular formula is C13H19ClN4O. The molecule has 1 N–H and O–H groups in total. The number of anilines is 1. The normalized spacial score (nSPS) is 15.4. The Morgan fingerprint density at radius 3 is 2.53 bits per heavy atom. The topological polar surface area (TPSA) is 58.1 Å². The van der Waals surface area contributed by atoms with Crippen LogP contribution in [0.3, 0.4) is 0 Å². The maximum atomic E-state index is 12.0. The summed E-state index contributed by atoms with van der Waals surface area (Å²) in [6.45, 7) is 5.66. The zero-order valence-corrected chi connectivity index (χ0v) is 12.1. The summed E-state index contributed by atoms with van der Waals surface area (Å²) in [4.78, 5) is 22.4. The predicted molar refractivity (Wildman–Crippen MR) is 75.4 cm³/mol. The number of rotatable bonds is 3. The molecule has 1 amide bonds. The van der Waals surface area contributed by atoms with Crippen LogP contribution in [0.1, 0.15) is 30.7 Å². The molecule has 2 rings (SSSR count). The number of carbonyl (C=O) groups is 1. The number of hydrogen-bond donors (Lipinski definition) is 1. The van der Waals surface area contributed by atoms with Gasteiger partial charge in [0.05, 0.1) is 17.9 Å². The number of halogens is 1. The van der Waals surface area contributed by atoms with Gasteiger partial charge in [-0.15, -0.1) is 0 Å². The summed E-state index contributed by atoms with van der Waals surface area (Å²) in [6, 6.07) is 0. The van der Waals surface area contributed by atoms with Crippen LogP contribution in [-0.2, 0) is 4.79 Å². The largest absolute Gasteiger partial charge is 0.358 e. The highest BCUT2D eigenvalue weighted by molar-refractivity contribution is 6.31. The molecule has 1 fully saturated rings. The van der Waals surface area contributed by atoms with E-state index in [-0.39, 0.29) is 12.5 Å². The Morgan fingerprint density at radius 2 is 1.84 bits per heavy atom. The Morgan fingerprint density at radius 1 is 1.21 bits per heavy atom. The van der Waals surface area contributed by atoms with Crippen molar-refractivity contribution < 1.29 is 4.79 Å². The van der Waals surface area contributed by atoms with Crippen LogP contribution in [0.5, 0.6) is 0 Å². The fraction of sp³-hybridized carbons (Fsp3) is 0.615. The van der Waals surface area contributed by atoms with Crippen LogP contribution in [-0.4, -0.2) is 40.4 Å². The Hall–Kier alpha value is -1.36. The molecule has 0 saturated carbocycles. The second kappa shape index (κ2) is 6.19. The van der Waals surface area contributed by atoms with Gasteiger partial charge in [0.1, 0.15) is 0 Å². The van der Waals surface area contributed by atoms with Crippen molar-refractivity contribution in [2.24, 2.45) is 0 Å². The third-order valence-corrected chi connectivity index (χ3v) is 3.64. The van der Waals surface area contributed by atoms with Gasteiger partial charge in [0.15, 0.2) is 11.0 Å². The molecule has 0 aliphatic carbocycles. The molecule has 5 nitrogen and oxygen atoms in total. The van der Waals surface area contributed by atoms with Gasteiger partial charge in [-0.05, 0) is 33.1 Å². The zero-order valence-electron chi connectivity index (χ0n) is 11.4. The lowest BCUT2D eigenvalue weighted by atomic mass is 10.1. The summed E-state index contributed by atoms with van der Waals surface area (Å²) < 4.78 is 0. The highest BCUT2D eigenvalue weighted by atomic mass is 35.5. The number of nitrogens with zero attached hydrogens (tertiary/aromatic N) is 3. The molecule has 1 aliphatic heterocycles. The molecule has 19 heavy (non-hydrogen) atoms. The smallest absolute Gasteiger partial charge is 0.241 e. The third-order valence-electron chi connectivity index (χ3n) is 3.38. The van der Waals surface area contributed by atoms with Crippen molar-refractivity contribution in [1.82, 2.24) is 14.9 Å². The first-order chi connectivity index (χ1) is 9.08. The number of aromatic nitrogens is 2. The predicted octanol–water partition coefficient (Wildman–Crippen LogP) is 2.17. The molecule has 0 radical (unpaired) electrons. The Labute approximate surface area is 118 Å². The lowest BCUT2D eigenvalue weighted by Gasteiger charge is -2.26. The first-order valence-corrected chi connectivity index (χ1v) is 6.98. The van der Waals surface area contributed by atoms with Crippen LogP contribution in [0.25, 0.3) is 0 Å². The molecule has 104 valence electrons. The third kappa shape index (κ3) is 3.56. The Balaban J connectivity index is 1.94. The standard InChI is InChI=1S/C13H19ClN4O/c1-9-10(2)17-13(12(14)16-9)15-8-11(19)18-6-4-3-5-7-18/h3-8H2,1-2H3,(H,15,17). The molecule has 0 bridgehead atoms. The van der Waals surface area contributed by atoms with E-state index in [1.807, 2.05) is 18.7 Å². The minimum absolute atomic E-state index is 0.0933. The zero-order chi connectivity index (χ0) is 13.8. The fourth-order valence-electron chi connectivity index (χ4n) is 2.10. The van der Waals surface area contributed by atoms with Crippen molar-refractivity contribution in [3.05, 3.63) is 16.5 Å².